The number of carbonyl (C=O) groups is 1. The van der Waals surface area contributed by atoms with Crippen molar-refractivity contribution in [3.63, 3.8) is 0 Å². The van der Waals surface area contributed by atoms with E-state index in [0.717, 1.165) is 16.9 Å². The summed E-state index contributed by atoms with van der Waals surface area (Å²) in [5, 5.41) is 2.91. The van der Waals surface area contributed by atoms with Crippen molar-refractivity contribution in [1.29, 1.82) is 0 Å². The normalized spacial score (nSPS) is 13.4. The SMILES string of the molecule is CC[C@H](Oc1ccc(C)cc1)C(=O)NCc1ccc2c(c1)OCO2. The highest BCUT2D eigenvalue weighted by molar-refractivity contribution is 5.81. The van der Waals surface area contributed by atoms with Crippen molar-refractivity contribution >= 4 is 5.91 Å². The highest BCUT2D eigenvalue weighted by Gasteiger charge is 2.19. The van der Waals surface area contributed by atoms with Gasteiger partial charge < -0.3 is 19.5 Å². The molecular weight excluding hydrogens is 306 g/mol. The second-order valence-corrected chi connectivity index (χ2v) is 5.73. The van der Waals surface area contributed by atoms with Crippen LogP contribution in [0, 0.1) is 6.92 Å². The molecule has 2 aromatic rings. The molecule has 1 atom stereocenters. The van der Waals surface area contributed by atoms with Crippen molar-refractivity contribution in [3.8, 4) is 17.2 Å². The summed E-state index contributed by atoms with van der Waals surface area (Å²) in [4.78, 5) is 12.4. The highest BCUT2D eigenvalue weighted by atomic mass is 16.7. The summed E-state index contributed by atoms with van der Waals surface area (Å²) in [5.41, 5.74) is 2.11. The van der Waals surface area contributed by atoms with Crippen LogP contribution in [0.25, 0.3) is 0 Å². The van der Waals surface area contributed by atoms with Crippen molar-refractivity contribution in [2.75, 3.05) is 6.79 Å². The molecule has 2 aromatic carbocycles. The number of hydrogen-bond donors (Lipinski definition) is 1. The van der Waals surface area contributed by atoms with Crippen LogP contribution in [0.3, 0.4) is 0 Å². The number of benzene rings is 2. The van der Waals surface area contributed by atoms with Gasteiger partial charge >= 0.3 is 0 Å². The van der Waals surface area contributed by atoms with E-state index in [0.29, 0.717) is 24.5 Å². The van der Waals surface area contributed by atoms with Crippen molar-refractivity contribution < 1.29 is 19.0 Å². The lowest BCUT2D eigenvalue weighted by molar-refractivity contribution is -0.128. The molecule has 0 radical (unpaired) electrons. The lowest BCUT2D eigenvalue weighted by Crippen LogP contribution is -2.37. The minimum atomic E-state index is -0.512. The third-order valence-corrected chi connectivity index (χ3v) is 3.87. The van der Waals surface area contributed by atoms with E-state index >= 15 is 0 Å². The van der Waals surface area contributed by atoms with Gasteiger partial charge in [0.15, 0.2) is 17.6 Å². The van der Waals surface area contributed by atoms with Gasteiger partial charge in [-0.1, -0.05) is 30.7 Å². The van der Waals surface area contributed by atoms with Crippen LogP contribution in [0.15, 0.2) is 42.5 Å². The average Bonchev–Trinajstić information content (AvgIpc) is 3.07. The Bertz CT molecular complexity index is 712. The van der Waals surface area contributed by atoms with Crippen LogP contribution < -0.4 is 19.5 Å². The smallest absolute Gasteiger partial charge is 0.261 e. The van der Waals surface area contributed by atoms with E-state index in [4.69, 9.17) is 14.2 Å². The van der Waals surface area contributed by atoms with Gasteiger partial charge in [-0.15, -0.1) is 0 Å². The predicted molar refractivity (Wildman–Crippen MR) is 90.3 cm³/mol. The van der Waals surface area contributed by atoms with E-state index in [1.807, 2.05) is 56.3 Å². The van der Waals surface area contributed by atoms with Crippen LogP contribution in [0.2, 0.25) is 0 Å². The van der Waals surface area contributed by atoms with Crippen molar-refractivity contribution in [2.24, 2.45) is 0 Å². The number of carbonyl (C=O) groups excluding carboxylic acids is 1. The second-order valence-electron chi connectivity index (χ2n) is 5.73. The minimum Gasteiger partial charge on any atom is -0.481 e. The molecule has 24 heavy (non-hydrogen) atoms. The van der Waals surface area contributed by atoms with Gasteiger partial charge in [0.25, 0.3) is 5.91 Å². The van der Waals surface area contributed by atoms with Crippen molar-refractivity contribution in [1.82, 2.24) is 5.32 Å². The maximum Gasteiger partial charge on any atom is 0.261 e. The van der Waals surface area contributed by atoms with Crippen LogP contribution in [0.1, 0.15) is 24.5 Å². The van der Waals surface area contributed by atoms with Crippen LogP contribution in [0.4, 0.5) is 0 Å². The molecule has 0 bridgehead atoms. The summed E-state index contributed by atoms with van der Waals surface area (Å²) in [7, 11) is 0. The lowest BCUT2D eigenvalue weighted by atomic mass is 10.2. The summed E-state index contributed by atoms with van der Waals surface area (Å²) in [6.07, 6.45) is 0.0858. The summed E-state index contributed by atoms with van der Waals surface area (Å²) in [6, 6.07) is 13.3. The van der Waals surface area contributed by atoms with E-state index in [1.165, 1.54) is 0 Å². The summed E-state index contributed by atoms with van der Waals surface area (Å²) < 4.78 is 16.4. The number of rotatable bonds is 6. The molecular formula is C19H21NO4. The summed E-state index contributed by atoms with van der Waals surface area (Å²) in [6.45, 7) is 4.61. The number of aryl methyl sites for hydroxylation is 1. The van der Waals surface area contributed by atoms with E-state index in [2.05, 4.69) is 5.32 Å². The Morgan fingerprint density at radius 1 is 1.17 bits per heavy atom. The fourth-order valence-corrected chi connectivity index (χ4v) is 2.46. The second kappa shape index (κ2) is 7.25. The molecule has 1 aliphatic rings. The first-order chi connectivity index (χ1) is 11.7. The van der Waals surface area contributed by atoms with Gasteiger partial charge in [0.2, 0.25) is 6.79 Å². The van der Waals surface area contributed by atoms with Gasteiger partial charge in [-0.25, -0.2) is 0 Å². The minimum absolute atomic E-state index is 0.129. The summed E-state index contributed by atoms with van der Waals surface area (Å²) >= 11 is 0. The molecule has 5 heteroatoms. The molecule has 126 valence electrons. The topological polar surface area (TPSA) is 56.8 Å². The van der Waals surface area contributed by atoms with Crippen molar-refractivity contribution in [2.45, 2.75) is 32.9 Å². The van der Waals surface area contributed by atoms with Crippen LogP contribution in [0.5, 0.6) is 17.2 Å². The van der Waals surface area contributed by atoms with Gasteiger partial charge in [-0.05, 0) is 43.2 Å². The standard InChI is InChI=1S/C19H21NO4/c1-3-16(24-15-7-4-13(2)5-8-15)19(21)20-11-14-6-9-17-18(10-14)23-12-22-17/h4-10,16H,3,11-12H2,1-2H3,(H,20,21)/t16-/m0/s1. The first-order valence-electron chi connectivity index (χ1n) is 8.05. The molecule has 3 rings (SSSR count). The Labute approximate surface area is 141 Å². The zero-order chi connectivity index (χ0) is 16.9. The van der Waals surface area contributed by atoms with Crippen LogP contribution in [-0.2, 0) is 11.3 Å². The molecule has 0 fully saturated rings. The molecule has 0 saturated carbocycles. The average molecular weight is 327 g/mol. The first kappa shape index (κ1) is 16.2. The van der Waals surface area contributed by atoms with Gasteiger partial charge in [0.1, 0.15) is 5.75 Å². The van der Waals surface area contributed by atoms with Gasteiger partial charge in [-0.3, -0.25) is 4.79 Å². The third kappa shape index (κ3) is 3.79. The number of amides is 1. The quantitative estimate of drug-likeness (QED) is 0.885. The van der Waals surface area contributed by atoms with Crippen LogP contribution in [-0.4, -0.2) is 18.8 Å². The number of hydrogen-bond acceptors (Lipinski definition) is 4. The molecule has 5 nitrogen and oxygen atoms in total. The number of ether oxygens (including phenoxy) is 3. The molecule has 1 aliphatic heterocycles. The van der Waals surface area contributed by atoms with E-state index in [9.17, 15) is 4.79 Å². The Balaban J connectivity index is 1.57. The van der Waals surface area contributed by atoms with Gasteiger partial charge in [-0.2, -0.15) is 0 Å². The Morgan fingerprint density at radius 2 is 1.92 bits per heavy atom. The Hall–Kier alpha value is -2.69. The zero-order valence-corrected chi connectivity index (χ0v) is 13.9. The molecule has 1 N–H and O–H groups in total. The summed E-state index contributed by atoms with van der Waals surface area (Å²) in [5.74, 6) is 2.02. The molecule has 0 unspecified atom stereocenters. The van der Waals surface area contributed by atoms with E-state index in [-0.39, 0.29) is 12.7 Å². The molecule has 0 aromatic heterocycles. The Kier molecular flexibility index (Phi) is 4.89. The number of fused-ring (bicyclic) bond motifs is 1. The molecule has 0 spiro atoms. The van der Waals surface area contributed by atoms with E-state index < -0.39 is 6.10 Å². The van der Waals surface area contributed by atoms with Gasteiger partial charge in [0, 0.05) is 6.54 Å². The van der Waals surface area contributed by atoms with Crippen molar-refractivity contribution in [3.05, 3.63) is 53.6 Å². The fourth-order valence-electron chi connectivity index (χ4n) is 2.46. The number of nitrogens with one attached hydrogen (secondary N) is 1. The molecule has 1 amide bonds. The lowest BCUT2D eigenvalue weighted by Gasteiger charge is -2.17. The molecule has 1 heterocycles. The Morgan fingerprint density at radius 3 is 2.67 bits per heavy atom. The first-order valence-corrected chi connectivity index (χ1v) is 8.05. The predicted octanol–water partition coefficient (Wildman–Crippen LogP) is 3.20. The third-order valence-electron chi connectivity index (χ3n) is 3.87. The van der Waals surface area contributed by atoms with Gasteiger partial charge in [0.05, 0.1) is 0 Å². The van der Waals surface area contributed by atoms with E-state index in [1.54, 1.807) is 0 Å². The monoisotopic (exact) mass is 327 g/mol. The zero-order valence-electron chi connectivity index (χ0n) is 13.9. The highest BCUT2D eigenvalue weighted by Crippen LogP contribution is 2.32. The van der Waals surface area contributed by atoms with Crippen LogP contribution >= 0.6 is 0 Å². The molecule has 0 saturated heterocycles. The fraction of sp³-hybridized carbons (Fsp3) is 0.316. The largest absolute Gasteiger partial charge is 0.481 e. The maximum absolute atomic E-state index is 12.4. The maximum atomic E-state index is 12.4. The molecule has 0 aliphatic carbocycles.